The molecular weight excluding hydrogens is 346 g/mol. The molecule has 2 aromatic carbocycles. The molecule has 140 valence electrons. The second-order valence-corrected chi connectivity index (χ2v) is 5.88. The summed E-state index contributed by atoms with van der Waals surface area (Å²) in [5.74, 6) is 2.04. The van der Waals surface area contributed by atoms with E-state index in [4.69, 9.17) is 14.0 Å². The highest BCUT2D eigenvalue weighted by Crippen LogP contribution is 2.20. The van der Waals surface area contributed by atoms with Crippen LogP contribution in [0.15, 0.2) is 53.1 Å². The van der Waals surface area contributed by atoms with Crippen molar-refractivity contribution in [2.24, 2.45) is 0 Å². The van der Waals surface area contributed by atoms with E-state index in [1.165, 1.54) is 0 Å². The van der Waals surface area contributed by atoms with E-state index in [-0.39, 0.29) is 18.2 Å². The largest absolute Gasteiger partial charge is 0.497 e. The highest BCUT2D eigenvalue weighted by molar-refractivity contribution is 5.77. The molecule has 0 spiro atoms. The summed E-state index contributed by atoms with van der Waals surface area (Å²) in [5, 5.41) is 6.72. The lowest BCUT2D eigenvalue weighted by Gasteiger charge is -2.07. The van der Waals surface area contributed by atoms with Crippen LogP contribution in [0, 0.1) is 6.92 Å². The molecule has 0 aliphatic heterocycles. The molecule has 0 radical (unpaired) electrons. The molecule has 0 saturated heterocycles. The Morgan fingerprint density at radius 2 is 1.85 bits per heavy atom. The molecule has 3 rings (SSSR count). The first-order valence-electron chi connectivity index (χ1n) is 8.58. The van der Waals surface area contributed by atoms with Crippen LogP contribution >= 0.6 is 0 Å². The maximum atomic E-state index is 12.0. The van der Waals surface area contributed by atoms with Crippen molar-refractivity contribution in [2.45, 2.75) is 13.3 Å². The number of aromatic nitrogens is 2. The first-order valence-corrected chi connectivity index (χ1v) is 8.58. The van der Waals surface area contributed by atoms with Crippen LogP contribution in [0.2, 0.25) is 0 Å². The van der Waals surface area contributed by atoms with Gasteiger partial charge in [0, 0.05) is 5.56 Å². The van der Waals surface area contributed by atoms with Crippen LogP contribution < -0.4 is 14.8 Å². The van der Waals surface area contributed by atoms with Crippen LogP contribution in [0.4, 0.5) is 0 Å². The maximum Gasteiger partial charge on any atom is 0.236 e. The van der Waals surface area contributed by atoms with Gasteiger partial charge >= 0.3 is 0 Å². The average molecular weight is 367 g/mol. The van der Waals surface area contributed by atoms with E-state index in [9.17, 15) is 4.79 Å². The number of ether oxygens (including phenoxy) is 2. The van der Waals surface area contributed by atoms with Gasteiger partial charge in [0.25, 0.3) is 0 Å². The summed E-state index contributed by atoms with van der Waals surface area (Å²) in [7, 11) is 1.61. The predicted molar refractivity (Wildman–Crippen MR) is 99.7 cm³/mol. The number of aryl methyl sites for hydroxylation is 1. The van der Waals surface area contributed by atoms with Gasteiger partial charge in [-0.2, -0.15) is 4.98 Å². The van der Waals surface area contributed by atoms with Gasteiger partial charge in [0.1, 0.15) is 24.5 Å². The first kappa shape index (κ1) is 18.4. The number of hydrogen-bond acceptors (Lipinski definition) is 6. The van der Waals surface area contributed by atoms with Crippen LogP contribution in [-0.2, 0) is 11.2 Å². The van der Waals surface area contributed by atoms with Crippen molar-refractivity contribution in [3.05, 3.63) is 60.0 Å². The van der Waals surface area contributed by atoms with Gasteiger partial charge in [-0.05, 0) is 36.8 Å². The molecule has 27 heavy (non-hydrogen) atoms. The van der Waals surface area contributed by atoms with E-state index >= 15 is 0 Å². The van der Waals surface area contributed by atoms with Crippen LogP contribution in [0.25, 0.3) is 11.4 Å². The van der Waals surface area contributed by atoms with Crippen molar-refractivity contribution in [2.75, 3.05) is 20.3 Å². The molecule has 0 unspecified atom stereocenters. The number of benzene rings is 2. The van der Waals surface area contributed by atoms with E-state index in [1.54, 1.807) is 7.11 Å². The van der Waals surface area contributed by atoms with Gasteiger partial charge in [-0.1, -0.05) is 29.4 Å². The molecule has 0 aliphatic carbocycles. The maximum absolute atomic E-state index is 12.0. The van der Waals surface area contributed by atoms with Crippen LogP contribution in [0.5, 0.6) is 11.5 Å². The minimum Gasteiger partial charge on any atom is -0.497 e. The topological polar surface area (TPSA) is 86.5 Å². The zero-order chi connectivity index (χ0) is 19.1. The fraction of sp³-hybridized carbons (Fsp3) is 0.250. The molecule has 3 aromatic rings. The SMILES string of the molecule is COc1ccc(OCCNC(=O)Cc2nc(-c3ccccc3C)no2)cc1. The van der Waals surface area contributed by atoms with Gasteiger partial charge in [0.2, 0.25) is 17.6 Å². The Bertz CT molecular complexity index is 890. The smallest absolute Gasteiger partial charge is 0.236 e. The lowest BCUT2D eigenvalue weighted by atomic mass is 10.1. The molecule has 1 aromatic heterocycles. The summed E-state index contributed by atoms with van der Waals surface area (Å²) >= 11 is 0. The first-order chi connectivity index (χ1) is 13.2. The predicted octanol–water partition coefficient (Wildman–Crippen LogP) is 2.79. The van der Waals surface area contributed by atoms with Gasteiger partial charge in [0.05, 0.1) is 13.7 Å². The van der Waals surface area contributed by atoms with Crippen molar-refractivity contribution in [3.8, 4) is 22.9 Å². The number of methoxy groups -OCH3 is 1. The van der Waals surface area contributed by atoms with Gasteiger partial charge in [-0.3, -0.25) is 4.79 Å². The summed E-state index contributed by atoms with van der Waals surface area (Å²) in [6.45, 7) is 2.71. The third-order valence-electron chi connectivity index (χ3n) is 3.92. The number of carbonyl (C=O) groups is 1. The lowest BCUT2D eigenvalue weighted by Crippen LogP contribution is -2.29. The second kappa shape index (κ2) is 8.84. The number of amides is 1. The molecule has 0 bridgehead atoms. The Balaban J connectivity index is 1.43. The Morgan fingerprint density at radius 1 is 1.11 bits per heavy atom. The fourth-order valence-corrected chi connectivity index (χ4v) is 2.49. The summed E-state index contributed by atoms with van der Waals surface area (Å²) < 4.78 is 15.8. The van der Waals surface area contributed by atoms with Crippen molar-refractivity contribution in [1.29, 1.82) is 0 Å². The molecule has 1 amide bonds. The zero-order valence-corrected chi connectivity index (χ0v) is 15.3. The fourth-order valence-electron chi connectivity index (χ4n) is 2.49. The van der Waals surface area contributed by atoms with Crippen molar-refractivity contribution >= 4 is 5.91 Å². The molecule has 0 saturated carbocycles. The molecule has 1 heterocycles. The van der Waals surface area contributed by atoms with Crippen molar-refractivity contribution in [1.82, 2.24) is 15.5 Å². The number of rotatable bonds is 8. The molecule has 0 fully saturated rings. The standard InChI is InChI=1S/C20H21N3O4/c1-14-5-3-4-6-17(14)20-22-19(27-23-20)13-18(24)21-11-12-26-16-9-7-15(25-2)8-10-16/h3-10H,11-13H2,1-2H3,(H,21,24). The summed E-state index contributed by atoms with van der Waals surface area (Å²) in [6.07, 6.45) is 0.0292. The van der Waals surface area contributed by atoms with Gasteiger partial charge in [-0.15, -0.1) is 0 Å². The highest BCUT2D eigenvalue weighted by Gasteiger charge is 2.13. The van der Waals surface area contributed by atoms with E-state index in [1.807, 2.05) is 55.5 Å². The summed E-state index contributed by atoms with van der Waals surface area (Å²) in [6, 6.07) is 15.0. The zero-order valence-electron chi connectivity index (χ0n) is 15.3. The van der Waals surface area contributed by atoms with Crippen molar-refractivity contribution in [3.63, 3.8) is 0 Å². The Morgan fingerprint density at radius 3 is 2.59 bits per heavy atom. The van der Waals surface area contributed by atoms with E-state index in [2.05, 4.69) is 15.5 Å². The summed E-state index contributed by atoms with van der Waals surface area (Å²) in [5.41, 5.74) is 1.94. The monoisotopic (exact) mass is 367 g/mol. The Kier molecular flexibility index (Phi) is 6.04. The quantitative estimate of drug-likeness (QED) is 0.616. The minimum absolute atomic E-state index is 0.0292. The van der Waals surface area contributed by atoms with Gasteiger partial charge in [0.15, 0.2) is 0 Å². The molecule has 1 N–H and O–H groups in total. The average Bonchev–Trinajstić information content (AvgIpc) is 3.14. The van der Waals surface area contributed by atoms with Crippen LogP contribution in [-0.4, -0.2) is 36.3 Å². The van der Waals surface area contributed by atoms with E-state index < -0.39 is 0 Å². The van der Waals surface area contributed by atoms with Crippen LogP contribution in [0.1, 0.15) is 11.5 Å². The third-order valence-corrected chi connectivity index (χ3v) is 3.92. The third kappa shape index (κ3) is 5.07. The summed E-state index contributed by atoms with van der Waals surface area (Å²) in [4.78, 5) is 16.3. The van der Waals surface area contributed by atoms with Crippen molar-refractivity contribution < 1.29 is 18.8 Å². The van der Waals surface area contributed by atoms with E-state index in [0.29, 0.717) is 24.7 Å². The molecule has 7 nitrogen and oxygen atoms in total. The number of nitrogens with zero attached hydrogens (tertiary/aromatic N) is 2. The Labute approximate surface area is 157 Å². The number of carbonyl (C=O) groups excluding carboxylic acids is 1. The van der Waals surface area contributed by atoms with E-state index in [0.717, 1.165) is 16.9 Å². The van der Waals surface area contributed by atoms with Crippen LogP contribution in [0.3, 0.4) is 0 Å². The Hall–Kier alpha value is -3.35. The molecule has 0 atom stereocenters. The number of nitrogens with one attached hydrogen (secondary N) is 1. The van der Waals surface area contributed by atoms with Gasteiger partial charge in [-0.25, -0.2) is 0 Å². The lowest BCUT2D eigenvalue weighted by molar-refractivity contribution is -0.120. The molecule has 0 aliphatic rings. The molecule has 7 heteroatoms. The normalized spacial score (nSPS) is 10.4. The number of hydrogen-bond donors (Lipinski definition) is 1. The minimum atomic E-state index is -0.201. The highest BCUT2D eigenvalue weighted by atomic mass is 16.5. The molecular formula is C20H21N3O4. The second-order valence-electron chi connectivity index (χ2n) is 5.88. The van der Waals surface area contributed by atoms with Gasteiger partial charge < -0.3 is 19.3 Å².